The van der Waals surface area contributed by atoms with Crippen molar-refractivity contribution in [1.29, 1.82) is 0 Å². The predicted octanol–water partition coefficient (Wildman–Crippen LogP) is 3.17. The highest BCUT2D eigenvalue weighted by Gasteiger charge is 2.48. The van der Waals surface area contributed by atoms with E-state index >= 15 is 0 Å². The molecule has 3 aromatic rings. The van der Waals surface area contributed by atoms with Crippen molar-refractivity contribution in [3.05, 3.63) is 77.1 Å². The molecule has 5 rings (SSSR count). The first-order valence-electron chi connectivity index (χ1n) is 17.6. The lowest BCUT2D eigenvalue weighted by Crippen LogP contribution is -2.52. The Bertz CT molecular complexity index is 1630. The van der Waals surface area contributed by atoms with E-state index in [-0.39, 0.29) is 25.0 Å². The zero-order chi connectivity index (χ0) is 37.4. The maximum Gasteiger partial charge on any atom is 0.222 e. The van der Waals surface area contributed by atoms with Crippen molar-refractivity contribution in [2.45, 2.75) is 92.4 Å². The summed E-state index contributed by atoms with van der Waals surface area (Å²) in [5, 5.41) is 60.5. The summed E-state index contributed by atoms with van der Waals surface area (Å²) < 4.78 is 12.9. The van der Waals surface area contributed by atoms with Gasteiger partial charge in [-0.3, -0.25) is 14.7 Å². The van der Waals surface area contributed by atoms with Gasteiger partial charge in [0.05, 0.1) is 31.5 Å². The summed E-state index contributed by atoms with van der Waals surface area (Å²) in [7, 11) is 3.27. The maximum absolute atomic E-state index is 13.2. The quantitative estimate of drug-likeness (QED) is 0.0533. The van der Waals surface area contributed by atoms with Gasteiger partial charge in [-0.1, -0.05) is 29.8 Å². The van der Waals surface area contributed by atoms with Crippen molar-refractivity contribution < 1.29 is 44.9 Å². The lowest BCUT2D eigenvalue weighted by molar-refractivity contribution is -0.143. The molecule has 2 saturated carbocycles. The number of amides is 1. The van der Waals surface area contributed by atoms with Crippen LogP contribution in [0.25, 0.3) is 11.1 Å². The van der Waals surface area contributed by atoms with E-state index in [1.54, 1.807) is 32.1 Å². The topological polar surface area (TPSA) is 176 Å². The minimum atomic E-state index is -1.82. The minimum absolute atomic E-state index is 0.103. The van der Waals surface area contributed by atoms with Gasteiger partial charge in [-0.15, -0.1) is 11.8 Å². The maximum atomic E-state index is 13.2. The van der Waals surface area contributed by atoms with Gasteiger partial charge in [0.25, 0.3) is 0 Å². The summed E-state index contributed by atoms with van der Waals surface area (Å²) in [6.45, 7) is -1.05. The molecule has 1 heterocycles. The number of nitrogens with zero attached hydrogens (tertiary/aromatic N) is 3. The van der Waals surface area contributed by atoms with Gasteiger partial charge >= 0.3 is 0 Å². The molecule has 2 aliphatic carbocycles. The third-order valence-corrected chi connectivity index (χ3v) is 10.9. The van der Waals surface area contributed by atoms with Crippen molar-refractivity contribution in [2.75, 3.05) is 39.5 Å². The van der Waals surface area contributed by atoms with Crippen LogP contribution in [0.2, 0.25) is 5.02 Å². The molecule has 0 radical (unpaired) electrons. The number of carbonyl (C=O) groups is 1. The molecule has 0 saturated heterocycles. The SMILES string of the molecule is CN(C)C(O)CN(C[C@H](O)[C@@H](O)[C@H](O)[C@H](O)CO)C(=O)CCCSc1ccc(Cl)c(COC2(c3cnccc3-c3ccccc3OC3CC3)CC2)c1. The first kappa shape index (κ1) is 40.4. The van der Waals surface area contributed by atoms with Crippen molar-refractivity contribution >= 4 is 29.3 Å². The van der Waals surface area contributed by atoms with E-state index in [0.29, 0.717) is 23.8 Å². The fraction of sp³-hybridized carbons (Fsp3) is 0.526. The zero-order valence-electron chi connectivity index (χ0n) is 29.6. The average Bonchev–Trinajstić information content (AvgIpc) is 4.10. The van der Waals surface area contributed by atoms with Crippen LogP contribution in [0, 0.1) is 0 Å². The molecule has 1 unspecified atom stereocenters. The summed E-state index contributed by atoms with van der Waals surface area (Å²) in [5.74, 6) is 1.10. The normalized spacial score (nSPS) is 18.0. The largest absolute Gasteiger partial charge is 0.490 e. The third kappa shape index (κ3) is 10.7. The highest BCUT2D eigenvalue weighted by atomic mass is 35.5. The van der Waals surface area contributed by atoms with Crippen molar-refractivity contribution in [1.82, 2.24) is 14.8 Å². The summed E-state index contributed by atoms with van der Waals surface area (Å²) in [6.07, 6.45) is 0.444. The second-order valence-corrected chi connectivity index (χ2v) is 15.3. The lowest BCUT2D eigenvalue weighted by atomic mass is 9.96. The van der Waals surface area contributed by atoms with Gasteiger partial charge < -0.3 is 45.0 Å². The highest BCUT2D eigenvalue weighted by Crippen LogP contribution is 2.53. The summed E-state index contributed by atoms with van der Waals surface area (Å²) in [5.41, 5.74) is 3.48. The molecular weight excluding hydrogens is 710 g/mol. The molecule has 52 heavy (non-hydrogen) atoms. The molecule has 2 aromatic carbocycles. The number of para-hydroxylation sites is 1. The Labute approximate surface area is 314 Å². The Hall–Kier alpha value is -2.82. The molecule has 6 N–H and O–H groups in total. The van der Waals surface area contributed by atoms with Crippen LogP contribution in [0.15, 0.2) is 65.8 Å². The van der Waals surface area contributed by atoms with E-state index in [2.05, 4.69) is 11.1 Å². The summed E-state index contributed by atoms with van der Waals surface area (Å²) in [4.78, 5) is 21.3. The molecule has 2 fully saturated rings. The molecule has 0 aliphatic heterocycles. The molecule has 284 valence electrons. The molecule has 1 amide bonds. The number of aliphatic hydroxyl groups is 6. The van der Waals surface area contributed by atoms with Gasteiger partial charge in [0, 0.05) is 46.4 Å². The highest BCUT2D eigenvalue weighted by molar-refractivity contribution is 7.99. The number of aromatic nitrogens is 1. The molecule has 14 heteroatoms. The Balaban J connectivity index is 1.17. The first-order chi connectivity index (χ1) is 24.9. The number of likely N-dealkylation sites (N-methyl/N-ethyl adjacent to an activating group) is 1. The zero-order valence-corrected chi connectivity index (χ0v) is 31.1. The van der Waals surface area contributed by atoms with Crippen LogP contribution in [0.1, 0.15) is 49.7 Å². The number of aliphatic hydroxyl groups excluding tert-OH is 6. The predicted molar refractivity (Wildman–Crippen MR) is 198 cm³/mol. The van der Waals surface area contributed by atoms with Crippen LogP contribution in [-0.2, 0) is 21.7 Å². The molecule has 1 aromatic heterocycles. The Morgan fingerprint density at radius 1 is 1.00 bits per heavy atom. The van der Waals surface area contributed by atoms with E-state index in [4.69, 9.17) is 26.2 Å². The Morgan fingerprint density at radius 2 is 1.73 bits per heavy atom. The fourth-order valence-electron chi connectivity index (χ4n) is 5.83. The van der Waals surface area contributed by atoms with Gasteiger partial charge in [0.1, 0.15) is 36.4 Å². The van der Waals surface area contributed by atoms with Gasteiger partial charge in [-0.25, -0.2) is 0 Å². The van der Waals surface area contributed by atoms with Gasteiger partial charge in [0.2, 0.25) is 5.91 Å². The minimum Gasteiger partial charge on any atom is -0.490 e. The molecule has 2 aliphatic rings. The van der Waals surface area contributed by atoms with Gasteiger partial charge in [0.15, 0.2) is 0 Å². The number of thioether (sulfide) groups is 1. The number of halogens is 1. The fourth-order valence-corrected chi connectivity index (χ4v) is 6.92. The van der Waals surface area contributed by atoms with E-state index in [9.17, 15) is 30.3 Å². The van der Waals surface area contributed by atoms with Gasteiger partial charge in [-0.05, 0) is 93.4 Å². The number of rotatable bonds is 21. The number of carbonyl (C=O) groups excluding carboxylic acids is 1. The van der Waals surface area contributed by atoms with E-state index in [1.165, 1.54) is 9.80 Å². The van der Waals surface area contributed by atoms with Crippen LogP contribution >= 0.6 is 23.4 Å². The number of hydrogen-bond donors (Lipinski definition) is 6. The Morgan fingerprint density at radius 3 is 2.42 bits per heavy atom. The molecule has 5 atom stereocenters. The van der Waals surface area contributed by atoms with Crippen molar-refractivity contribution in [3.8, 4) is 16.9 Å². The van der Waals surface area contributed by atoms with Crippen LogP contribution in [0.3, 0.4) is 0 Å². The van der Waals surface area contributed by atoms with E-state index in [0.717, 1.165) is 58.6 Å². The standard InChI is InChI=1S/C38H50ClN3O9S/c1-41(2)35(47)21-42(20-31(44)36(48)37(49)32(45)22-43)34(46)8-5-17-52-26-11-12-30(39)24(18-26)23-50-38(14-15-38)29-19-40-16-13-27(29)28-6-3-4-7-33(28)51-25-9-10-25/h3-4,6-7,11-13,16,18-19,25,31-32,35-37,43-45,47-49H,5,8-10,14-15,17,20-23H2,1-2H3/t31-,32+,35?,36+,37+/m0/s1. The monoisotopic (exact) mass is 759 g/mol. The summed E-state index contributed by atoms with van der Waals surface area (Å²) >= 11 is 8.19. The second kappa shape index (κ2) is 18.5. The first-order valence-corrected chi connectivity index (χ1v) is 19.0. The molecule has 12 nitrogen and oxygen atoms in total. The van der Waals surface area contributed by atoms with Crippen LogP contribution in [-0.4, -0.2) is 128 Å². The van der Waals surface area contributed by atoms with Crippen LogP contribution in [0.5, 0.6) is 5.75 Å². The molecule has 0 bridgehead atoms. The summed E-state index contributed by atoms with van der Waals surface area (Å²) in [6, 6.07) is 15.9. The number of benzene rings is 2. The average molecular weight is 760 g/mol. The third-order valence-electron chi connectivity index (χ3n) is 9.40. The van der Waals surface area contributed by atoms with Crippen LogP contribution < -0.4 is 4.74 Å². The Kier molecular flexibility index (Phi) is 14.3. The van der Waals surface area contributed by atoms with E-state index in [1.807, 2.05) is 48.7 Å². The van der Waals surface area contributed by atoms with Crippen molar-refractivity contribution in [3.63, 3.8) is 0 Å². The molecular formula is C38H50ClN3O9S. The number of pyridine rings is 1. The second-order valence-electron chi connectivity index (χ2n) is 13.8. The lowest BCUT2D eigenvalue weighted by Gasteiger charge is -2.32. The number of ether oxygens (including phenoxy) is 2. The van der Waals surface area contributed by atoms with Crippen LogP contribution in [0.4, 0.5) is 0 Å². The number of hydrogen-bond acceptors (Lipinski definition) is 12. The van der Waals surface area contributed by atoms with Gasteiger partial charge in [-0.2, -0.15) is 0 Å². The van der Waals surface area contributed by atoms with Crippen molar-refractivity contribution in [2.24, 2.45) is 0 Å². The van der Waals surface area contributed by atoms with E-state index < -0.39 is 49.4 Å². The molecule has 0 spiro atoms. The smallest absolute Gasteiger partial charge is 0.222 e.